The van der Waals surface area contributed by atoms with Crippen molar-refractivity contribution in [2.45, 2.75) is 13.5 Å². The third-order valence-corrected chi connectivity index (χ3v) is 3.07. The molecule has 0 spiro atoms. The van der Waals surface area contributed by atoms with Crippen molar-refractivity contribution >= 4 is 5.91 Å². The second kappa shape index (κ2) is 5.77. The number of carbonyl (C=O) groups excluding carboxylic acids is 1. The molecule has 1 aromatic heterocycles. The van der Waals surface area contributed by atoms with E-state index in [1.807, 2.05) is 0 Å². The fourth-order valence-corrected chi connectivity index (χ4v) is 1.97. The highest BCUT2D eigenvalue weighted by Crippen LogP contribution is 2.19. The normalized spacial score (nSPS) is 10.4. The third kappa shape index (κ3) is 2.82. The van der Waals surface area contributed by atoms with Crippen LogP contribution in [0.5, 0.6) is 5.75 Å². The lowest BCUT2D eigenvalue weighted by molar-refractivity contribution is 0.0783. The Morgan fingerprint density at radius 1 is 1.40 bits per heavy atom. The van der Waals surface area contributed by atoms with E-state index in [-0.39, 0.29) is 11.7 Å². The van der Waals surface area contributed by atoms with Gasteiger partial charge < -0.3 is 14.1 Å². The Morgan fingerprint density at radius 3 is 2.70 bits per heavy atom. The zero-order valence-corrected chi connectivity index (χ0v) is 11.6. The van der Waals surface area contributed by atoms with E-state index >= 15 is 0 Å². The molecular formula is C15H16FNO3. The van der Waals surface area contributed by atoms with Gasteiger partial charge in [0.05, 0.1) is 18.9 Å². The lowest BCUT2D eigenvalue weighted by Crippen LogP contribution is -2.26. The van der Waals surface area contributed by atoms with E-state index in [4.69, 9.17) is 9.15 Å². The number of aryl methyl sites for hydroxylation is 1. The molecule has 1 amide bonds. The van der Waals surface area contributed by atoms with Crippen molar-refractivity contribution < 1.29 is 18.3 Å². The molecule has 0 radical (unpaired) electrons. The largest absolute Gasteiger partial charge is 0.494 e. The molecule has 0 saturated heterocycles. The summed E-state index contributed by atoms with van der Waals surface area (Å²) in [7, 11) is 3.08. The van der Waals surface area contributed by atoms with Crippen LogP contribution < -0.4 is 4.74 Å². The molecule has 0 unspecified atom stereocenters. The first-order valence-corrected chi connectivity index (χ1v) is 6.15. The molecule has 0 bridgehead atoms. The molecule has 0 aliphatic carbocycles. The maximum atomic E-state index is 13.6. The van der Waals surface area contributed by atoms with E-state index < -0.39 is 5.82 Å². The zero-order chi connectivity index (χ0) is 14.7. The van der Waals surface area contributed by atoms with Gasteiger partial charge in [0.15, 0.2) is 11.6 Å². The van der Waals surface area contributed by atoms with Gasteiger partial charge in [-0.15, -0.1) is 0 Å². The number of nitrogens with zero attached hydrogens (tertiary/aromatic N) is 1. The molecule has 106 valence electrons. The summed E-state index contributed by atoms with van der Waals surface area (Å²) < 4.78 is 23.6. The van der Waals surface area contributed by atoms with Crippen molar-refractivity contribution in [1.29, 1.82) is 0 Å². The standard InChI is InChI=1S/C15H16FNO3/c1-10-12(6-7-20-10)15(18)17(2)9-11-4-5-14(19-3)13(16)8-11/h4-8H,9H2,1-3H3. The molecule has 1 heterocycles. The Hall–Kier alpha value is -2.30. The van der Waals surface area contributed by atoms with Gasteiger partial charge in [-0.25, -0.2) is 4.39 Å². The van der Waals surface area contributed by atoms with Gasteiger partial charge in [-0.05, 0) is 30.7 Å². The van der Waals surface area contributed by atoms with Crippen molar-refractivity contribution in [1.82, 2.24) is 4.90 Å². The lowest BCUT2D eigenvalue weighted by atomic mass is 10.1. The van der Waals surface area contributed by atoms with Gasteiger partial charge >= 0.3 is 0 Å². The number of methoxy groups -OCH3 is 1. The molecule has 0 aliphatic heterocycles. The van der Waals surface area contributed by atoms with E-state index in [1.165, 1.54) is 24.3 Å². The highest BCUT2D eigenvalue weighted by atomic mass is 19.1. The minimum atomic E-state index is -0.439. The fourth-order valence-electron chi connectivity index (χ4n) is 1.97. The Morgan fingerprint density at radius 2 is 2.15 bits per heavy atom. The number of hydrogen-bond donors (Lipinski definition) is 0. The second-order valence-electron chi connectivity index (χ2n) is 4.52. The summed E-state index contributed by atoms with van der Waals surface area (Å²) in [5.74, 6) is 0.161. The quantitative estimate of drug-likeness (QED) is 0.862. The van der Waals surface area contributed by atoms with E-state index in [0.29, 0.717) is 23.4 Å². The molecule has 4 nitrogen and oxygen atoms in total. The lowest BCUT2D eigenvalue weighted by Gasteiger charge is -2.17. The topological polar surface area (TPSA) is 42.7 Å². The number of carbonyl (C=O) groups is 1. The molecular weight excluding hydrogens is 261 g/mol. The van der Waals surface area contributed by atoms with Crippen LogP contribution in [0.2, 0.25) is 0 Å². The first kappa shape index (κ1) is 14.1. The van der Waals surface area contributed by atoms with Crippen molar-refractivity contribution in [3.05, 3.63) is 53.2 Å². The van der Waals surface area contributed by atoms with Crippen LogP contribution in [0.25, 0.3) is 0 Å². The van der Waals surface area contributed by atoms with E-state index in [2.05, 4.69) is 0 Å². The van der Waals surface area contributed by atoms with Crippen molar-refractivity contribution in [3.8, 4) is 5.75 Å². The number of hydrogen-bond acceptors (Lipinski definition) is 3. The van der Waals surface area contributed by atoms with Crippen molar-refractivity contribution in [2.24, 2.45) is 0 Å². The smallest absolute Gasteiger partial charge is 0.257 e. The minimum Gasteiger partial charge on any atom is -0.494 e. The van der Waals surface area contributed by atoms with Crippen molar-refractivity contribution in [2.75, 3.05) is 14.2 Å². The molecule has 1 aromatic carbocycles. The predicted molar refractivity (Wildman–Crippen MR) is 72.2 cm³/mol. The SMILES string of the molecule is COc1ccc(CN(C)C(=O)c2ccoc2C)cc1F. The van der Waals surface area contributed by atoms with Crippen LogP contribution in [0.1, 0.15) is 21.7 Å². The average Bonchev–Trinajstić information content (AvgIpc) is 2.84. The zero-order valence-electron chi connectivity index (χ0n) is 11.6. The summed E-state index contributed by atoms with van der Waals surface area (Å²) in [6.45, 7) is 2.04. The average molecular weight is 277 g/mol. The molecule has 5 heteroatoms. The number of ether oxygens (including phenoxy) is 1. The van der Waals surface area contributed by atoms with Gasteiger partial charge in [-0.1, -0.05) is 6.07 Å². The summed E-state index contributed by atoms with van der Waals surface area (Å²) in [5, 5.41) is 0. The number of halogens is 1. The molecule has 0 fully saturated rings. The number of benzene rings is 1. The van der Waals surface area contributed by atoms with E-state index in [1.54, 1.807) is 32.2 Å². The summed E-state index contributed by atoms with van der Waals surface area (Å²) in [5.41, 5.74) is 1.21. The first-order valence-electron chi connectivity index (χ1n) is 6.15. The summed E-state index contributed by atoms with van der Waals surface area (Å²) in [6, 6.07) is 6.27. The Balaban J connectivity index is 2.12. The highest BCUT2D eigenvalue weighted by molar-refractivity contribution is 5.94. The van der Waals surface area contributed by atoms with Gasteiger partial charge in [0.25, 0.3) is 5.91 Å². The highest BCUT2D eigenvalue weighted by Gasteiger charge is 2.16. The molecule has 20 heavy (non-hydrogen) atoms. The van der Waals surface area contributed by atoms with Crippen LogP contribution >= 0.6 is 0 Å². The van der Waals surface area contributed by atoms with Crippen LogP contribution in [0.3, 0.4) is 0 Å². The molecule has 0 aliphatic rings. The number of furan rings is 1. The molecule has 0 atom stereocenters. The Labute approximate surface area is 116 Å². The maximum absolute atomic E-state index is 13.6. The second-order valence-corrected chi connectivity index (χ2v) is 4.52. The fraction of sp³-hybridized carbons (Fsp3) is 0.267. The summed E-state index contributed by atoms with van der Waals surface area (Å²) in [4.78, 5) is 13.7. The molecule has 2 rings (SSSR count). The van der Waals surface area contributed by atoms with Crippen LogP contribution in [-0.4, -0.2) is 25.0 Å². The Kier molecular flexibility index (Phi) is 4.08. The van der Waals surface area contributed by atoms with Crippen LogP contribution in [0.4, 0.5) is 4.39 Å². The van der Waals surface area contributed by atoms with Gasteiger partial charge in [-0.3, -0.25) is 4.79 Å². The molecule has 0 saturated carbocycles. The van der Waals surface area contributed by atoms with Gasteiger partial charge in [0, 0.05) is 13.6 Å². The number of rotatable bonds is 4. The maximum Gasteiger partial charge on any atom is 0.257 e. The summed E-state index contributed by atoms with van der Waals surface area (Å²) >= 11 is 0. The number of amides is 1. The van der Waals surface area contributed by atoms with E-state index in [0.717, 1.165) is 0 Å². The van der Waals surface area contributed by atoms with Gasteiger partial charge in [0.1, 0.15) is 5.76 Å². The monoisotopic (exact) mass is 277 g/mol. The van der Waals surface area contributed by atoms with Crippen LogP contribution in [0.15, 0.2) is 34.9 Å². The van der Waals surface area contributed by atoms with Gasteiger partial charge in [0.2, 0.25) is 0 Å². The van der Waals surface area contributed by atoms with Crippen LogP contribution in [-0.2, 0) is 6.54 Å². The van der Waals surface area contributed by atoms with Crippen LogP contribution in [0, 0.1) is 12.7 Å². The van der Waals surface area contributed by atoms with Crippen molar-refractivity contribution in [3.63, 3.8) is 0 Å². The Bertz CT molecular complexity index is 621. The van der Waals surface area contributed by atoms with Gasteiger partial charge in [-0.2, -0.15) is 0 Å². The summed E-state index contributed by atoms with van der Waals surface area (Å²) in [6.07, 6.45) is 1.48. The molecule has 2 aromatic rings. The third-order valence-electron chi connectivity index (χ3n) is 3.07. The predicted octanol–water partition coefficient (Wildman–Crippen LogP) is 3.01. The van der Waals surface area contributed by atoms with E-state index in [9.17, 15) is 9.18 Å². The first-order chi connectivity index (χ1) is 9.52. The molecule has 0 N–H and O–H groups in total. The minimum absolute atomic E-state index is 0.160.